The van der Waals surface area contributed by atoms with Crippen LogP contribution in [0.15, 0.2) is 18.2 Å². The Bertz CT molecular complexity index is 315. The Morgan fingerprint density at radius 2 is 1.81 bits per heavy atom. The second-order valence-corrected chi connectivity index (χ2v) is 4.58. The fourth-order valence-electron chi connectivity index (χ4n) is 1.67. The molecule has 0 saturated carbocycles. The highest BCUT2D eigenvalue weighted by Gasteiger charge is 2.12. The Morgan fingerprint density at radius 1 is 1.25 bits per heavy atom. The van der Waals surface area contributed by atoms with Gasteiger partial charge in [-0.25, -0.2) is 0 Å². The third kappa shape index (κ3) is 3.24. The fourth-order valence-corrected chi connectivity index (χ4v) is 1.67. The van der Waals surface area contributed by atoms with Crippen LogP contribution in [0.3, 0.4) is 0 Å². The smallest absolute Gasteiger partial charge is 0.125 e. The van der Waals surface area contributed by atoms with E-state index in [0.717, 1.165) is 12.2 Å². The molecular formula is C14H23NO. The van der Waals surface area contributed by atoms with E-state index < -0.39 is 0 Å². The molecule has 2 heteroatoms. The van der Waals surface area contributed by atoms with Gasteiger partial charge in [0.1, 0.15) is 12.4 Å². The number of aryl methyl sites for hydroxylation is 2. The largest absolute Gasteiger partial charge is 0.491 e. The molecule has 1 rings (SSSR count). The molecule has 2 unspecified atom stereocenters. The monoisotopic (exact) mass is 221 g/mol. The van der Waals surface area contributed by atoms with Crippen molar-refractivity contribution in [3.05, 3.63) is 29.3 Å². The molecule has 0 aromatic heterocycles. The van der Waals surface area contributed by atoms with Crippen molar-refractivity contribution in [1.29, 1.82) is 0 Å². The second kappa shape index (κ2) is 5.90. The Hall–Kier alpha value is -1.02. The van der Waals surface area contributed by atoms with Gasteiger partial charge in [-0.2, -0.15) is 0 Å². The summed E-state index contributed by atoms with van der Waals surface area (Å²) in [5.74, 6) is 1.49. The molecular weight excluding hydrogens is 198 g/mol. The van der Waals surface area contributed by atoms with Gasteiger partial charge in [-0.15, -0.1) is 0 Å². The summed E-state index contributed by atoms with van der Waals surface area (Å²) in [5, 5.41) is 0. The van der Waals surface area contributed by atoms with Crippen molar-refractivity contribution in [2.75, 3.05) is 6.61 Å². The summed E-state index contributed by atoms with van der Waals surface area (Å²) in [6, 6.07) is 6.30. The van der Waals surface area contributed by atoms with Gasteiger partial charge in [0.25, 0.3) is 0 Å². The van der Waals surface area contributed by atoms with E-state index in [9.17, 15) is 0 Å². The zero-order valence-corrected chi connectivity index (χ0v) is 10.8. The number of ether oxygens (including phenoxy) is 1. The molecule has 90 valence electrons. The van der Waals surface area contributed by atoms with Gasteiger partial charge in [0.2, 0.25) is 0 Å². The minimum Gasteiger partial charge on any atom is -0.491 e. The van der Waals surface area contributed by atoms with Crippen molar-refractivity contribution in [3.63, 3.8) is 0 Å². The molecule has 16 heavy (non-hydrogen) atoms. The summed E-state index contributed by atoms with van der Waals surface area (Å²) >= 11 is 0. The van der Waals surface area contributed by atoms with Crippen molar-refractivity contribution in [3.8, 4) is 5.75 Å². The number of hydrogen-bond donors (Lipinski definition) is 1. The van der Waals surface area contributed by atoms with E-state index in [0.29, 0.717) is 12.5 Å². The zero-order valence-electron chi connectivity index (χ0n) is 10.8. The van der Waals surface area contributed by atoms with Crippen LogP contribution in [0.1, 0.15) is 31.4 Å². The molecule has 0 fully saturated rings. The maximum Gasteiger partial charge on any atom is 0.125 e. The Kier molecular flexibility index (Phi) is 4.81. The number of nitrogens with two attached hydrogens (primary N) is 1. The van der Waals surface area contributed by atoms with Gasteiger partial charge < -0.3 is 10.5 Å². The molecule has 2 atom stereocenters. The molecule has 0 spiro atoms. The van der Waals surface area contributed by atoms with Crippen molar-refractivity contribution in [2.24, 2.45) is 11.7 Å². The highest BCUT2D eigenvalue weighted by Crippen LogP contribution is 2.22. The van der Waals surface area contributed by atoms with Crippen LogP contribution >= 0.6 is 0 Å². The van der Waals surface area contributed by atoms with Gasteiger partial charge in [-0.05, 0) is 30.9 Å². The van der Waals surface area contributed by atoms with E-state index in [2.05, 4.69) is 39.8 Å². The van der Waals surface area contributed by atoms with E-state index in [4.69, 9.17) is 10.5 Å². The molecule has 0 saturated heterocycles. The summed E-state index contributed by atoms with van der Waals surface area (Å²) in [4.78, 5) is 0. The zero-order chi connectivity index (χ0) is 12.1. The lowest BCUT2D eigenvalue weighted by atomic mass is 10.0. The Balaban J connectivity index is 2.61. The molecule has 0 aliphatic rings. The first kappa shape index (κ1) is 13.0. The van der Waals surface area contributed by atoms with Crippen LogP contribution in [0.5, 0.6) is 5.75 Å². The van der Waals surface area contributed by atoms with Gasteiger partial charge in [0, 0.05) is 6.04 Å². The summed E-state index contributed by atoms with van der Waals surface area (Å²) in [7, 11) is 0. The molecule has 2 nitrogen and oxygen atoms in total. The average Bonchev–Trinajstić information content (AvgIpc) is 2.27. The average molecular weight is 221 g/mol. The third-order valence-corrected chi connectivity index (χ3v) is 3.20. The van der Waals surface area contributed by atoms with Crippen LogP contribution < -0.4 is 10.5 Å². The van der Waals surface area contributed by atoms with Gasteiger partial charge in [-0.1, -0.05) is 38.5 Å². The van der Waals surface area contributed by atoms with Gasteiger partial charge in [0.15, 0.2) is 0 Å². The van der Waals surface area contributed by atoms with Crippen LogP contribution in [-0.2, 0) is 0 Å². The maximum absolute atomic E-state index is 6.05. The fraction of sp³-hybridized carbons (Fsp3) is 0.571. The predicted octanol–water partition coefficient (Wildman–Crippen LogP) is 3.06. The molecule has 1 aromatic rings. The minimum absolute atomic E-state index is 0.115. The SMILES string of the molecule is CCC(C)C(N)COc1c(C)cccc1C. The van der Waals surface area contributed by atoms with E-state index in [1.165, 1.54) is 11.1 Å². The summed E-state index contributed by atoms with van der Waals surface area (Å²) < 4.78 is 5.83. The number of benzene rings is 1. The first-order chi connectivity index (χ1) is 7.56. The van der Waals surface area contributed by atoms with E-state index in [1.807, 2.05) is 6.07 Å². The van der Waals surface area contributed by atoms with E-state index in [-0.39, 0.29) is 6.04 Å². The van der Waals surface area contributed by atoms with E-state index in [1.54, 1.807) is 0 Å². The molecule has 0 heterocycles. The van der Waals surface area contributed by atoms with Crippen molar-refractivity contribution >= 4 is 0 Å². The first-order valence-electron chi connectivity index (χ1n) is 6.00. The van der Waals surface area contributed by atoms with Gasteiger partial charge >= 0.3 is 0 Å². The normalized spacial score (nSPS) is 14.6. The predicted molar refractivity (Wildman–Crippen MR) is 68.8 cm³/mol. The van der Waals surface area contributed by atoms with Crippen molar-refractivity contribution in [1.82, 2.24) is 0 Å². The van der Waals surface area contributed by atoms with Gasteiger partial charge in [0.05, 0.1) is 0 Å². The number of para-hydroxylation sites is 1. The molecule has 0 aliphatic carbocycles. The first-order valence-corrected chi connectivity index (χ1v) is 6.00. The maximum atomic E-state index is 6.05. The van der Waals surface area contributed by atoms with Crippen molar-refractivity contribution < 1.29 is 4.74 Å². The van der Waals surface area contributed by atoms with Crippen LogP contribution in [0.4, 0.5) is 0 Å². The van der Waals surface area contributed by atoms with E-state index >= 15 is 0 Å². The lowest BCUT2D eigenvalue weighted by molar-refractivity contribution is 0.248. The minimum atomic E-state index is 0.115. The quantitative estimate of drug-likeness (QED) is 0.829. The number of rotatable bonds is 5. The lowest BCUT2D eigenvalue weighted by Gasteiger charge is -2.20. The highest BCUT2D eigenvalue weighted by molar-refractivity contribution is 5.39. The van der Waals surface area contributed by atoms with Crippen LogP contribution in [0.2, 0.25) is 0 Å². The van der Waals surface area contributed by atoms with Crippen LogP contribution in [0.25, 0.3) is 0 Å². The summed E-state index contributed by atoms with van der Waals surface area (Å²) in [5.41, 5.74) is 8.41. The molecule has 0 bridgehead atoms. The molecule has 0 radical (unpaired) electrons. The second-order valence-electron chi connectivity index (χ2n) is 4.58. The third-order valence-electron chi connectivity index (χ3n) is 3.20. The standard InChI is InChI=1S/C14H23NO/c1-5-10(2)13(15)9-16-14-11(3)7-6-8-12(14)4/h6-8,10,13H,5,9,15H2,1-4H3. The molecule has 0 aliphatic heterocycles. The van der Waals surface area contributed by atoms with Crippen LogP contribution in [0, 0.1) is 19.8 Å². The molecule has 0 amide bonds. The topological polar surface area (TPSA) is 35.2 Å². The Morgan fingerprint density at radius 3 is 2.31 bits per heavy atom. The summed E-state index contributed by atoms with van der Waals surface area (Å²) in [6.07, 6.45) is 1.09. The Labute approximate surface area is 98.8 Å². The highest BCUT2D eigenvalue weighted by atomic mass is 16.5. The lowest BCUT2D eigenvalue weighted by Crippen LogP contribution is -2.34. The molecule has 2 N–H and O–H groups in total. The van der Waals surface area contributed by atoms with Gasteiger partial charge in [-0.3, -0.25) is 0 Å². The van der Waals surface area contributed by atoms with Crippen molar-refractivity contribution in [2.45, 2.75) is 40.2 Å². The van der Waals surface area contributed by atoms with Crippen LogP contribution in [-0.4, -0.2) is 12.6 Å². The molecule has 1 aromatic carbocycles. The number of hydrogen-bond acceptors (Lipinski definition) is 2. The summed E-state index contributed by atoms with van der Waals surface area (Å²) in [6.45, 7) is 9.05.